The molecular weight excluding hydrogens is 302 g/mol. The first-order valence-electron chi connectivity index (χ1n) is 9.31. The van der Waals surface area contributed by atoms with Gasteiger partial charge in [-0.15, -0.1) is 0 Å². The monoisotopic (exact) mass is 337 g/mol. The van der Waals surface area contributed by atoms with E-state index in [1.54, 1.807) is 0 Å². The fourth-order valence-corrected chi connectivity index (χ4v) is 4.24. The van der Waals surface area contributed by atoms with Crippen LogP contribution in [0.4, 0.5) is 5.69 Å². The number of nitrogen functional groups attached to an aromatic ring is 1. The molecule has 2 aromatic rings. The zero-order valence-corrected chi connectivity index (χ0v) is 17.3. The normalized spacial score (nSPS) is 13.1. The Labute approximate surface area is 154 Å². The Morgan fingerprint density at radius 2 is 1.36 bits per heavy atom. The summed E-state index contributed by atoms with van der Waals surface area (Å²) in [7, 11) is 0. The first-order valence-corrected chi connectivity index (χ1v) is 9.31. The number of nitrogens with two attached hydrogens (primary N) is 1. The average Bonchev–Trinajstić information content (AvgIpc) is 2.48. The van der Waals surface area contributed by atoms with Crippen LogP contribution in [0.1, 0.15) is 77.1 Å². The molecule has 0 spiro atoms. The van der Waals surface area contributed by atoms with Crippen LogP contribution >= 0.6 is 0 Å². The smallest absolute Gasteiger partial charge is 0.0349 e. The van der Waals surface area contributed by atoms with Crippen molar-refractivity contribution in [2.45, 2.75) is 72.6 Å². The molecule has 2 N–H and O–H groups in total. The predicted octanol–water partition coefficient (Wildman–Crippen LogP) is 6.62. The van der Waals surface area contributed by atoms with E-state index in [0.717, 1.165) is 12.1 Å². The third kappa shape index (κ3) is 4.26. The highest BCUT2D eigenvalue weighted by molar-refractivity contribution is 5.57. The topological polar surface area (TPSA) is 26.0 Å². The minimum atomic E-state index is -0.0738. The fourth-order valence-electron chi connectivity index (χ4n) is 4.24. The minimum absolute atomic E-state index is 0.0738. The number of anilines is 1. The number of hydrogen-bond acceptors (Lipinski definition) is 1. The van der Waals surface area contributed by atoms with Gasteiger partial charge in [-0.2, -0.15) is 0 Å². The van der Waals surface area contributed by atoms with Crippen molar-refractivity contribution in [2.75, 3.05) is 5.73 Å². The molecule has 25 heavy (non-hydrogen) atoms. The lowest BCUT2D eigenvalue weighted by Gasteiger charge is -2.36. The van der Waals surface area contributed by atoms with Crippen LogP contribution in [0.25, 0.3) is 0 Å². The summed E-state index contributed by atoms with van der Waals surface area (Å²) in [4.78, 5) is 0. The molecule has 0 radical (unpaired) electrons. The molecule has 1 nitrogen and oxygen atoms in total. The van der Waals surface area contributed by atoms with Gasteiger partial charge < -0.3 is 5.73 Å². The van der Waals surface area contributed by atoms with Crippen LogP contribution in [0.15, 0.2) is 42.5 Å². The maximum Gasteiger partial charge on any atom is 0.0349 e. The lowest BCUT2D eigenvalue weighted by atomic mass is 9.69. The first kappa shape index (κ1) is 19.6. The molecule has 2 rings (SSSR count). The van der Waals surface area contributed by atoms with Crippen molar-refractivity contribution in [2.24, 2.45) is 5.41 Å². The summed E-state index contributed by atoms with van der Waals surface area (Å²) < 4.78 is 0. The second-order valence-corrected chi connectivity index (χ2v) is 9.85. The maximum absolute atomic E-state index is 6.46. The van der Waals surface area contributed by atoms with Gasteiger partial charge in [0.2, 0.25) is 0 Å². The Balaban J connectivity index is 2.59. The molecule has 0 aliphatic carbocycles. The minimum Gasteiger partial charge on any atom is -0.398 e. The van der Waals surface area contributed by atoms with Crippen LogP contribution < -0.4 is 5.73 Å². The molecule has 0 heterocycles. The molecule has 0 unspecified atom stereocenters. The number of benzene rings is 2. The molecule has 1 heteroatoms. The lowest BCUT2D eigenvalue weighted by Crippen LogP contribution is -2.27. The van der Waals surface area contributed by atoms with Crippen molar-refractivity contribution >= 4 is 5.69 Å². The molecular formula is C24H35N. The Bertz CT molecular complexity index is 731. The summed E-state index contributed by atoms with van der Waals surface area (Å²) in [5, 5.41) is 0. The molecule has 0 saturated heterocycles. The van der Waals surface area contributed by atoms with Gasteiger partial charge in [0.15, 0.2) is 0 Å². The first-order chi connectivity index (χ1) is 11.3. The van der Waals surface area contributed by atoms with Gasteiger partial charge in [-0.3, -0.25) is 0 Å². The molecule has 0 amide bonds. The summed E-state index contributed by atoms with van der Waals surface area (Å²) >= 11 is 0. The van der Waals surface area contributed by atoms with Crippen LogP contribution in [0.3, 0.4) is 0 Å². The summed E-state index contributed by atoms with van der Waals surface area (Å²) in [6.45, 7) is 18.4. The van der Waals surface area contributed by atoms with Crippen LogP contribution in [-0.4, -0.2) is 0 Å². The highest BCUT2D eigenvalue weighted by Crippen LogP contribution is 2.42. The fraction of sp³-hybridized carbons (Fsp3) is 0.500. The molecule has 0 aromatic heterocycles. The molecule has 0 aliphatic heterocycles. The molecule has 0 fully saturated rings. The van der Waals surface area contributed by atoms with Gasteiger partial charge >= 0.3 is 0 Å². The van der Waals surface area contributed by atoms with Crippen molar-refractivity contribution < 1.29 is 0 Å². The van der Waals surface area contributed by atoms with Crippen LogP contribution in [0, 0.1) is 12.3 Å². The van der Waals surface area contributed by atoms with Gasteiger partial charge in [-0.1, -0.05) is 84.9 Å². The van der Waals surface area contributed by atoms with Crippen molar-refractivity contribution in [3.63, 3.8) is 0 Å². The Hall–Kier alpha value is -1.76. The van der Waals surface area contributed by atoms with Gasteiger partial charge in [-0.05, 0) is 52.5 Å². The van der Waals surface area contributed by atoms with E-state index < -0.39 is 0 Å². The SMILES string of the molecule is Cc1c(N)cc(C(C)(C)c2ccccc2)cc1C(C)(C)CC(C)(C)C. The summed E-state index contributed by atoms with van der Waals surface area (Å²) in [5.74, 6) is 0. The van der Waals surface area contributed by atoms with E-state index >= 15 is 0 Å². The quantitative estimate of drug-likeness (QED) is 0.623. The van der Waals surface area contributed by atoms with Gasteiger partial charge in [0, 0.05) is 11.1 Å². The zero-order chi connectivity index (χ0) is 19.0. The largest absolute Gasteiger partial charge is 0.398 e. The predicted molar refractivity (Wildman–Crippen MR) is 111 cm³/mol. The van der Waals surface area contributed by atoms with Crippen molar-refractivity contribution in [1.82, 2.24) is 0 Å². The van der Waals surface area contributed by atoms with Crippen LogP contribution in [0.5, 0.6) is 0 Å². The highest BCUT2D eigenvalue weighted by atomic mass is 14.6. The van der Waals surface area contributed by atoms with Gasteiger partial charge in [0.1, 0.15) is 0 Å². The number of rotatable bonds is 4. The second kappa shape index (κ2) is 6.52. The lowest BCUT2D eigenvalue weighted by molar-refractivity contribution is 0.283. The van der Waals surface area contributed by atoms with Crippen LogP contribution in [-0.2, 0) is 10.8 Å². The van der Waals surface area contributed by atoms with E-state index in [4.69, 9.17) is 5.73 Å². The zero-order valence-electron chi connectivity index (χ0n) is 17.3. The molecule has 2 aromatic carbocycles. The van der Waals surface area contributed by atoms with E-state index in [1.165, 1.54) is 22.3 Å². The maximum atomic E-state index is 6.46. The van der Waals surface area contributed by atoms with E-state index in [9.17, 15) is 0 Å². The standard InChI is InChI=1S/C24H35N/c1-17-20(23(5,6)16-22(2,3)4)14-19(15-21(17)25)24(7,8)18-12-10-9-11-13-18/h9-15H,16,25H2,1-8H3. The van der Waals surface area contributed by atoms with E-state index in [1.807, 2.05) is 0 Å². The van der Waals surface area contributed by atoms with Crippen molar-refractivity contribution in [1.29, 1.82) is 0 Å². The third-order valence-electron chi connectivity index (χ3n) is 5.37. The van der Waals surface area contributed by atoms with Crippen molar-refractivity contribution in [3.05, 3.63) is 64.7 Å². The Morgan fingerprint density at radius 3 is 1.88 bits per heavy atom. The molecule has 0 bridgehead atoms. The number of hydrogen-bond donors (Lipinski definition) is 1. The van der Waals surface area contributed by atoms with E-state index in [-0.39, 0.29) is 16.2 Å². The second-order valence-electron chi connectivity index (χ2n) is 9.85. The van der Waals surface area contributed by atoms with Gasteiger partial charge in [-0.25, -0.2) is 0 Å². The molecule has 0 atom stereocenters. The highest BCUT2D eigenvalue weighted by Gasteiger charge is 2.31. The van der Waals surface area contributed by atoms with Crippen molar-refractivity contribution in [3.8, 4) is 0 Å². The molecule has 0 aliphatic rings. The van der Waals surface area contributed by atoms with E-state index in [2.05, 4.69) is 97.9 Å². The molecule has 136 valence electrons. The van der Waals surface area contributed by atoms with E-state index in [0.29, 0.717) is 0 Å². The average molecular weight is 338 g/mol. The Morgan fingerprint density at radius 1 is 0.800 bits per heavy atom. The Kier molecular flexibility index (Phi) is 5.10. The molecule has 0 saturated carbocycles. The van der Waals surface area contributed by atoms with Gasteiger partial charge in [0.25, 0.3) is 0 Å². The summed E-state index contributed by atoms with van der Waals surface area (Å²) in [6, 6.07) is 15.3. The van der Waals surface area contributed by atoms with Gasteiger partial charge in [0.05, 0.1) is 0 Å². The third-order valence-corrected chi connectivity index (χ3v) is 5.37. The summed E-state index contributed by atoms with van der Waals surface area (Å²) in [6.07, 6.45) is 1.12. The summed E-state index contributed by atoms with van der Waals surface area (Å²) in [5.41, 5.74) is 12.8. The van der Waals surface area contributed by atoms with Crippen LogP contribution in [0.2, 0.25) is 0 Å².